The van der Waals surface area contributed by atoms with Crippen LogP contribution in [0.4, 0.5) is 4.79 Å². The van der Waals surface area contributed by atoms with E-state index in [2.05, 4.69) is 29.2 Å². The number of carbonyl (C=O) groups is 2. The van der Waals surface area contributed by atoms with E-state index in [9.17, 15) is 14.4 Å². The Bertz CT molecular complexity index is 1260. The van der Waals surface area contributed by atoms with E-state index in [0.29, 0.717) is 6.42 Å². The molecule has 9 nitrogen and oxygen atoms in total. The topological polar surface area (TPSA) is 111 Å². The van der Waals surface area contributed by atoms with E-state index in [1.807, 2.05) is 24.3 Å². The Morgan fingerprint density at radius 3 is 2.34 bits per heavy atom. The molecule has 1 amide bonds. The summed E-state index contributed by atoms with van der Waals surface area (Å²) in [5, 5.41) is 8.91. The van der Waals surface area contributed by atoms with Crippen LogP contribution in [-0.2, 0) is 14.3 Å². The fourth-order valence-corrected chi connectivity index (χ4v) is 5.08. The maximum Gasteiger partial charge on any atom is 0.410 e. The third-order valence-electron chi connectivity index (χ3n) is 6.63. The summed E-state index contributed by atoms with van der Waals surface area (Å²) in [5.74, 6) is -1.16. The number of carbonyl (C=O) groups excluding carboxylic acids is 1. The molecule has 1 fully saturated rings. The van der Waals surface area contributed by atoms with Crippen LogP contribution in [0.15, 0.2) is 71.8 Å². The first-order valence-electron chi connectivity index (χ1n) is 11.5. The SMILES string of the molecule is O=C(O)COC[C@@H]1C[C@@H](n2cccnc2=O)CN1C(=O)OCC1c2ccccc2-c2ccccc21. The average molecular weight is 476 g/mol. The van der Waals surface area contributed by atoms with Crippen LogP contribution in [0.1, 0.15) is 29.5 Å². The standard InChI is InChI=1S/C26H25N3O6/c30-24(31)16-34-14-18-12-17(28-11-5-10-27-25(28)32)13-29(18)26(33)35-15-23-21-8-3-1-6-19(21)20-7-2-4-9-22(20)23/h1-11,17-18,23H,12-16H2,(H,30,31)/t17-,18+/m1/s1. The van der Waals surface area contributed by atoms with Crippen molar-refractivity contribution in [2.24, 2.45) is 0 Å². The number of amides is 1. The van der Waals surface area contributed by atoms with Crippen molar-refractivity contribution in [3.8, 4) is 11.1 Å². The second-order valence-electron chi connectivity index (χ2n) is 8.72. The lowest BCUT2D eigenvalue weighted by molar-refractivity contribution is -0.142. The molecule has 0 bridgehead atoms. The van der Waals surface area contributed by atoms with E-state index in [1.165, 1.54) is 15.7 Å². The maximum absolute atomic E-state index is 13.2. The number of carboxylic acids is 1. The van der Waals surface area contributed by atoms with E-state index >= 15 is 0 Å². The summed E-state index contributed by atoms with van der Waals surface area (Å²) in [6, 6.07) is 17.1. The highest BCUT2D eigenvalue weighted by atomic mass is 16.6. The Kier molecular flexibility index (Phi) is 6.33. The van der Waals surface area contributed by atoms with Gasteiger partial charge in [0.15, 0.2) is 0 Å². The molecule has 2 atom stereocenters. The van der Waals surface area contributed by atoms with Crippen molar-refractivity contribution >= 4 is 12.1 Å². The third kappa shape index (κ3) is 4.54. The summed E-state index contributed by atoms with van der Waals surface area (Å²) in [4.78, 5) is 41.7. The molecular weight excluding hydrogens is 450 g/mol. The summed E-state index contributed by atoms with van der Waals surface area (Å²) >= 11 is 0. The zero-order valence-corrected chi connectivity index (χ0v) is 18.9. The lowest BCUT2D eigenvalue weighted by atomic mass is 9.98. The molecule has 2 aliphatic rings. The molecule has 3 aromatic rings. The number of likely N-dealkylation sites (tertiary alicyclic amines) is 1. The van der Waals surface area contributed by atoms with Gasteiger partial charge in [0.1, 0.15) is 13.2 Å². The van der Waals surface area contributed by atoms with Crippen LogP contribution in [0.3, 0.4) is 0 Å². The van der Waals surface area contributed by atoms with E-state index in [0.717, 1.165) is 22.3 Å². The van der Waals surface area contributed by atoms with Gasteiger partial charge in [-0.1, -0.05) is 48.5 Å². The lowest BCUT2D eigenvalue weighted by Gasteiger charge is -2.24. The molecule has 180 valence electrons. The number of carboxylic acid groups (broad SMARTS) is 1. The van der Waals surface area contributed by atoms with Crippen LogP contribution in [0, 0.1) is 0 Å². The van der Waals surface area contributed by atoms with E-state index in [1.54, 1.807) is 12.3 Å². The van der Waals surface area contributed by atoms with Gasteiger partial charge >= 0.3 is 17.8 Å². The van der Waals surface area contributed by atoms with Gasteiger partial charge < -0.3 is 19.5 Å². The van der Waals surface area contributed by atoms with Crippen LogP contribution < -0.4 is 5.69 Å². The number of ether oxygens (including phenoxy) is 2. The monoisotopic (exact) mass is 475 g/mol. The number of nitrogens with zero attached hydrogens (tertiary/aromatic N) is 3. The van der Waals surface area contributed by atoms with E-state index in [-0.39, 0.29) is 31.7 Å². The predicted octanol–water partition coefficient (Wildman–Crippen LogP) is 2.91. The number of hydrogen-bond acceptors (Lipinski definition) is 6. The molecule has 1 aliphatic carbocycles. The molecular formula is C26H25N3O6. The molecule has 9 heteroatoms. The van der Waals surface area contributed by atoms with Crippen LogP contribution in [0.2, 0.25) is 0 Å². The molecule has 2 aromatic carbocycles. The summed E-state index contributed by atoms with van der Waals surface area (Å²) in [7, 11) is 0. The highest BCUT2D eigenvalue weighted by Crippen LogP contribution is 2.44. The Hall–Kier alpha value is -3.98. The van der Waals surface area contributed by atoms with Crippen molar-refractivity contribution in [2.45, 2.75) is 24.4 Å². The molecule has 5 rings (SSSR count). The Labute approximate surface area is 201 Å². The number of aliphatic carboxylic acids is 1. The molecule has 0 unspecified atom stereocenters. The average Bonchev–Trinajstić information content (AvgIpc) is 3.42. The van der Waals surface area contributed by atoms with Gasteiger partial charge in [0.2, 0.25) is 0 Å². The van der Waals surface area contributed by atoms with E-state index in [4.69, 9.17) is 14.6 Å². The molecule has 1 aromatic heterocycles. The Morgan fingerprint density at radius 1 is 1.00 bits per heavy atom. The number of benzene rings is 2. The van der Waals surface area contributed by atoms with Gasteiger partial charge in [0, 0.05) is 24.9 Å². The smallest absolute Gasteiger partial charge is 0.410 e. The number of hydrogen-bond donors (Lipinski definition) is 1. The van der Waals surface area contributed by atoms with Crippen molar-refractivity contribution in [1.82, 2.24) is 14.5 Å². The zero-order valence-electron chi connectivity index (χ0n) is 18.9. The van der Waals surface area contributed by atoms with Crippen LogP contribution in [-0.4, -0.2) is 64.0 Å². The largest absolute Gasteiger partial charge is 0.480 e. The van der Waals surface area contributed by atoms with Gasteiger partial charge in [0.05, 0.1) is 18.7 Å². The van der Waals surface area contributed by atoms with Gasteiger partial charge in [-0.2, -0.15) is 0 Å². The summed E-state index contributed by atoms with van der Waals surface area (Å²) in [6.07, 6.45) is 2.96. The van der Waals surface area contributed by atoms with Gasteiger partial charge in [0.25, 0.3) is 0 Å². The normalized spacial score (nSPS) is 18.8. The minimum Gasteiger partial charge on any atom is -0.480 e. The molecule has 0 saturated carbocycles. The van der Waals surface area contributed by atoms with Gasteiger partial charge in [-0.15, -0.1) is 0 Å². The van der Waals surface area contributed by atoms with Crippen LogP contribution >= 0.6 is 0 Å². The first kappa shape index (κ1) is 22.8. The quantitative estimate of drug-likeness (QED) is 0.559. The Morgan fingerprint density at radius 2 is 1.69 bits per heavy atom. The van der Waals surface area contributed by atoms with Gasteiger partial charge in [-0.3, -0.25) is 4.57 Å². The Balaban J connectivity index is 1.32. The van der Waals surface area contributed by atoms with Crippen molar-refractivity contribution < 1.29 is 24.2 Å². The summed E-state index contributed by atoms with van der Waals surface area (Å²) in [5.41, 5.74) is 4.10. The summed E-state index contributed by atoms with van der Waals surface area (Å²) < 4.78 is 12.6. The molecule has 1 saturated heterocycles. The predicted molar refractivity (Wildman–Crippen MR) is 126 cm³/mol. The molecule has 1 aliphatic heterocycles. The van der Waals surface area contributed by atoms with Gasteiger partial charge in [-0.25, -0.2) is 19.4 Å². The minimum absolute atomic E-state index is 0.0298. The minimum atomic E-state index is -1.09. The van der Waals surface area contributed by atoms with Crippen molar-refractivity contribution in [2.75, 3.05) is 26.4 Å². The van der Waals surface area contributed by atoms with Crippen molar-refractivity contribution in [3.63, 3.8) is 0 Å². The van der Waals surface area contributed by atoms with E-state index < -0.39 is 30.4 Å². The highest BCUT2D eigenvalue weighted by Gasteiger charge is 2.38. The second kappa shape index (κ2) is 9.71. The lowest BCUT2D eigenvalue weighted by Crippen LogP contribution is -2.39. The number of fused-ring (bicyclic) bond motifs is 3. The molecule has 0 spiro atoms. The first-order valence-corrected chi connectivity index (χ1v) is 11.5. The molecule has 1 N–H and O–H groups in total. The van der Waals surface area contributed by atoms with Crippen LogP contribution in [0.25, 0.3) is 11.1 Å². The van der Waals surface area contributed by atoms with Crippen molar-refractivity contribution in [1.29, 1.82) is 0 Å². The maximum atomic E-state index is 13.2. The molecule has 2 heterocycles. The number of aromatic nitrogens is 2. The molecule has 35 heavy (non-hydrogen) atoms. The zero-order chi connectivity index (χ0) is 24.4. The van der Waals surface area contributed by atoms with Gasteiger partial charge in [-0.05, 0) is 34.7 Å². The highest BCUT2D eigenvalue weighted by molar-refractivity contribution is 5.79. The molecule has 0 radical (unpaired) electrons. The summed E-state index contributed by atoms with van der Waals surface area (Å²) in [6.45, 7) is -0.0263. The van der Waals surface area contributed by atoms with Crippen molar-refractivity contribution in [3.05, 3.63) is 88.6 Å². The second-order valence-corrected chi connectivity index (χ2v) is 8.72. The fourth-order valence-electron chi connectivity index (χ4n) is 5.08. The first-order chi connectivity index (χ1) is 17.0. The number of rotatable bonds is 7. The van der Waals surface area contributed by atoms with Crippen LogP contribution in [0.5, 0.6) is 0 Å². The fraction of sp³-hybridized carbons (Fsp3) is 0.308. The third-order valence-corrected chi connectivity index (χ3v) is 6.63.